The fraction of sp³-hybridized carbons (Fsp3) is 0.0714. The van der Waals surface area contributed by atoms with E-state index in [9.17, 15) is 4.79 Å². The fourth-order valence-electron chi connectivity index (χ4n) is 3.87. The van der Waals surface area contributed by atoms with Crippen LogP contribution >= 0.6 is 11.3 Å². The molecule has 162 valence electrons. The molecule has 0 atom stereocenters. The van der Waals surface area contributed by atoms with Gasteiger partial charge >= 0.3 is 5.97 Å². The summed E-state index contributed by atoms with van der Waals surface area (Å²) in [5, 5.41) is 0.933. The average Bonchev–Trinajstić information content (AvgIpc) is 3.27. The number of allylic oxidation sites excluding steroid dienone is 3. The Morgan fingerprint density at radius 3 is 2.45 bits per heavy atom. The molecule has 0 fully saturated rings. The highest BCUT2D eigenvalue weighted by Crippen LogP contribution is 2.32. The molecule has 5 rings (SSSR count). The molecule has 4 aromatic rings. The average molecular weight is 451 g/mol. The van der Waals surface area contributed by atoms with Crippen LogP contribution in [-0.4, -0.2) is 25.1 Å². The molecule has 0 unspecified atom stereocenters. The summed E-state index contributed by atoms with van der Waals surface area (Å²) in [5.74, 6) is -0.344. The largest absolute Gasteiger partial charge is 0.465 e. The molecule has 0 aliphatic carbocycles. The Morgan fingerprint density at radius 2 is 1.67 bits per heavy atom. The summed E-state index contributed by atoms with van der Waals surface area (Å²) < 4.78 is 6.00. The number of fused-ring (bicyclic) bond motifs is 2. The summed E-state index contributed by atoms with van der Waals surface area (Å²) in [6.45, 7) is 0. The van der Waals surface area contributed by atoms with E-state index in [1.165, 1.54) is 12.7 Å². The molecule has 5 heteroatoms. The highest BCUT2D eigenvalue weighted by atomic mass is 32.1. The summed E-state index contributed by atoms with van der Waals surface area (Å²) in [4.78, 5) is 18.9. The van der Waals surface area contributed by atoms with Gasteiger partial charge in [-0.3, -0.25) is 0 Å². The molecule has 0 spiro atoms. The molecule has 2 heterocycles. The van der Waals surface area contributed by atoms with Crippen LogP contribution in [0, 0.1) is 0 Å². The molecule has 0 saturated heterocycles. The predicted molar refractivity (Wildman–Crippen MR) is 137 cm³/mol. The van der Waals surface area contributed by atoms with Crippen molar-refractivity contribution in [2.24, 2.45) is 0 Å². The van der Waals surface area contributed by atoms with Crippen molar-refractivity contribution in [2.45, 2.75) is 0 Å². The molecule has 1 aliphatic rings. The Balaban J connectivity index is 1.60. The lowest BCUT2D eigenvalue weighted by atomic mass is 10.00. The molecular weight excluding hydrogens is 428 g/mol. The number of carbonyl (C=O) groups is 1. The number of anilines is 1. The van der Waals surface area contributed by atoms with Gasteiger partial charge in [-0.25, -0.2) is 9.78 Å². The number of rotatable bonds is 4. The molecule has 1 aliphatic heterocycles. The number of nitrogens with zero attached hydrogens (tertiary/aromatic N) is 2. The molecule has 0 bridgehead atoms. The quantitative estimate of drug-likeness (QED) is 0.326. The maximum atomic E-state index is 11.9. The zero-order valence-electron chi connectivity index (χ0n) is 18.4. The van der Waals surface area contributed by atoms with Gasteiger partial charge in [0.1, 0.15) is 5.01 Å². The number of carbonyl (C=O) groups excluding carboxylic acids is 1. The van der Waals surface area contributed by atoms with Gasteiger partial charge in [0.25, 0.3) is 0 Å². The Kier molecular flexibility index (Phi) is 5.63. The zero-order valence-corrected chi connectivity index (χ0v) is 19.2. The topological polar surface area (TPSA) is 42.4 Å². The molecule has 33 heavy (non-hydrogen) atoms. The number of ether oxygens (including phenoxy) is 1. The predicted octanol–water partition coefficient (Wildman–Crippen LogP) is 6.67. The molecule has 3 aromatic carbocycles. The van der Waals surface area contributed by atoms with Crippen molar-refractivity contribution in [3.63, 3.8) is 0 Å². The minimum Gasteiger partial charge on any atom is -0.465 e. The van der Waals surface area contributed by atoms with Crippen LogP contribution in [0.2, 0.25) is 0 Å². The second kappa shape index (κ2) is 8.88. The van der Waals surface area contributed by atoms with Crippen molar-refractivity contribution >= 4 is 50.9 Å². The number of aromatic nitrogens is 1. The highest BCUT2D eigenvalue weighted by Gasteiger charge is 2.15. The van der Waals surface area contributed by atoms with E-state index in [0.29, 0.717) is 5.56 Å². The zero-order chi connectivity index (χ0) is 22.8. The first-order chi connectivity index (χ1) is 16.1. The van der Waals surface area contributed by atoms with Gasteiger partial charge in [-0.05, 0) is 65.3 Å². The van der Waals surface area contributed by atoms with Crippen molar-refractivity contribution in [1.29, 1.82) is 0 Å². The van der Waals surface area contributed by atoms with E-state index in [-0.39, 0.29) is 5.97 Å². The number of hydrogen-bond donors (Lipinski definition) is 0. The normalized spacial score (nSPS) is 14.5. The molecule has 0 saturated carbocycles. The molecular formula is C28H22N2O2S. The molecule has 1 aromatic heterocycles. The highest BCUT2D eigenvalue weighted by molar-refractivity contribution is 7.19. The van der Waals surface area contributed by atoms with Gasteiger partial charge in [0, 0.05) is 18.4 Å². The van der Waals surface area contributed by atoms with Crippen LogP contribution in [0.25, 0.3) is 27.9 Å². The lowest BCUT2D eigenvalue weighted by Gasteiger charge is -2.26. The van der Waals surface area contributed by atoms with Crippen LogP contribution in [0.3, 0.4) is 0 Å². The van der Waals surface area contributed by atoms with E-state index < -0.39 is 0 Å². The number of para-hydroxylation sites is 2. The van der Waals surface area contributed by atoms with E-state index in [4.69, 9.17) is 9.72 Å². The van der Waals surface area contributed by atoms with Crippen molar-refractivity contribution in [3.8, 4) is 0 Å². The minimum absolute atomic E-state index is 0.344. The molecule has 0 N–H and O–H groups in total. The number of likely N-dealkylation sites (N-methyl/N-ethyl adjacent to an activating group) is 1. The van der Waals surface area contributed by atoms with Crippen LogP contribution in [0.5, 0.6) is 0 Å². The number of benzene rings is 3. The van der Waals surface area contributed by atoms with Gasteiger partial charge in [0.05, 0.1) is 22.9 Å². The van der Waals surface area contributed by atoms with Crippen molar-refractivity contribution < 1.29 is 9.53 Å². The Morgan fingerprint density at radius 1 is 0.939 bits per heavy atom. The second-order valence-electron chi connectivity index (χ2n) is 7.71. The van der Waals surface area contributed by atoms with Gasteiger partial charge in [-0.1, -0.05) is 48.5 Å². The summed E-state index contributed by atoms with van der Waals surface area (Å²) in [7, 11) is 3.46. The monoisotopic (exact) mass is 450 g/mol. The van der Waals surface area contributed by atoms with Crippen LogP contribution in [0.15, 0.2) is 90.6 Å². The second-order valence-corrected chi connectivity index (χ2v) is 8.77. The summed E-state index contributed by atoms with van der Waals surface area (Å²) in [6.07, 6.45) is 8.52. The SMILES string of the molecule is COC(=O)c1ccc(C(=C\c2nc3ccccc3s2)/C=C2\C=Cc3ccccc3N2C)cc1. The third-order valence-electron chi connectivity index (χ3n) is 5.65. The first-order valence-electron chi connectivity index (χ1n) is 10.6. The number of methoxy groups -OCH3 is 1. The van der Waals surface area contributed by atoms with Gasteiger partial charge < -0.3 is 9.64 Å². The number of hydrogen-bond acceptors (Lipinski definition) is 5. The smallest absolute Gasteiger partial charge is 0.337 e. The minimum atomic E-state index is -0.344. The van der Waals surface area contributed by atoms with Gasteiger partial charge in [-0.15, -0.1) is 11.3 Å². The van der Waals surface area contributed by atoms with Crippen LogP contribution in [0.4, 0.5) is 5.69 Å². The summed E-state index contributed by atoms with van der Waals surface area (Å²) in [6, 6.07) is 24.0. The Bertz CT molecular complexity index is 1390. The van der Waals surface area contributed by atoms with Crippen molar-refractivity contribution in [1.82, 2.24) is 4.98 Å². The molecule has 0 radical (unpaired) electrons. The molecule has 0 amide bonds. The molecule has 4 nitrogen and oxygen atoms in total. The first-order valence-corrected chi connectivity index (χ1v) is 11.4. The van der Waals surface area contributed by atoms with Gasteiger partial charge in [0.15, 0.2) is 0 Å². The Labute approximate surface area is 196 Å². The lowest BCUT2D eigenvalue weighted by molar-refractivity contribution is 0.0600. The van der Waals surface area contributed by atoms with Crippen LogP contribution in [0.1, 0.15) is 26.5 Å². The number of thiazole rings is 1. The third-order valence-corrected chi connectivity index (χ3v) is 6.63. The fourth-order valence-corrected chi connectivity index (χ4v) is 4.79. The van der Waals surface area contributed by atoms with E-state index in [1.807, 2.05) is 36.4 Å². The van der Waals surface area contributed by atoms with Gasteiger partial charge in [0.2, 0.25) is 0 Å². The van der Waals surface area contributed by atoms with Crippen molar-refractivity contribution in [2.75, 3.05) is 19.1 Å². The van der Waals surface area contributed by atoms with Gasteiger partial charge in [-0.2, -0.15) is 0 Å². The van der Waals surface area contributed by atoms with E-state index in [0.717, 1.165) is 37.7 Å². The van der Waals surface area contributed by atoms with E-state index in [1.54, 1.807) is 23.5 Å². The Hall–Kier alpha value is -3.96. The van der Waals surface area contributed by atoms with Crippen LogP contribution < -0.4 is 4.90 Å². The lowest BCUT2D eigenvalue weighted by Crippen LogP contribution is -2.18. The summed E-state index contributed by atoms with van der Waals surface area (Å²) in [5.41, 5.74) is 6.94. The van der Waals surface area contributed by atoms with E-state index in [2.05, 4.69) is 60.5 Å². The third kappa shape index (κ3) is 4.23. The van der Waals surface area contributed by atoms with E-state index >= 15 is 0 Å². The van der Waals surface area contributed by atoms with Crippen molar-refractivity contribution in [3.05, 3.63) is 112 Å². The maximum absolute atomic E-state index is 11.9. The maximum Gasteiger partial charge on any atom is 0.337 e. The summed E-state index contributed by atoms with van der Waals surface area (Å²) >= 11 is 1.66. The first kappa shape index (κ1) is 20.9. The number of esters is 1. The standard InChI is InChI=1S/C28H22N2O2S/c1-30-23(16-15-20-7-3-5-9-25(20)30)17-22(19-11-13-21(14-12-19)28(31)32-2)18-27-29-24-8-4-6-10-26(24)33-27/h3-18H,1-2H3/b22-18-,23-17+. The van der Waals surface area contributed by atoms with Crippen LogP contribution in [-0.2, 0) is 4.74 Å².